The molecular formula is C33H31NO3. The number of benzene rings is 4. The van der Waals surface area contributed by atoms with Crippen LogP contribution >= 0.6 is 0 Å². The summed E-state index contributed by atoms with van der Waals surface area (Å²) in [6.45, 7) is 2.33. The molecule has 0 amide bonds. The molecule has 0 aliphatic heterocycles. The highest BCUT2D eigenvalue weighted by Gasteiger charge is 2.37. The van der Waals surface area contributed by atoms with Crippen molar-refractivity contribution in [2.75, 3.05) is 13.2 Å². The highest BCUT2D eigenvalue weighted by molar-refractivity contribution is 6.09. The molecule has 0 aromatic heterocycles. The number of ketones is 2. The zero-order valence-corrected chi connectivity index (χ0v) is 21.0. The first kappa shape index (κ1) is 24.8. The summed E-state index contributed by atoms with van der Waals surface area (Å²) in [5.41, 5.74) is 6.71. The summed E-state index contributed by atoms with van der Waals surface area (Å²) in [5, 5.41) is 12.9. The van der Waals surface area contributed by atoms with E-state index in [-0.39, 0.29) is 18.2 Å². The quantitative estimate of drug-likeness (QED) is 0.249. The zero-order chi connectivity index (χ0) is 25.8. The lowest BCUT2D eigenvalue weighted by Crippen LogP contribution is -2.54. The second-order valence-electron chi connectivity index (χ2n) is 9.69. The Morgan fingerprint density at radius 3 is 2.00 bits per heavy atom. The standard InChI is InChI=1S/C33H31NO3/c1-2-33(34-17-18-35,22-23-9-5-3-6-10-23)32(37)26-14-16-30-28(20-26)21-27-19-25(13-15-29(27)30)31(36)24-11-7-4-8-12-24/h3-16,19-20,34-35H,2,17-18,21-22H2,1H3. The number of nitrogens with one attached hydrogen (secondary N) is 1. The lowest BCUT2D eigenvalue weighted by Gasteiger charge is -2.33. The van der Waals surface area contributed by atoms with Crippen LogP contribution in [0.3, 0.4) is 0 Å². The van der Waals surface area contributed by atoms with Crippen molar-refractivity contribution in [1.29, 1.82) is 0 Å². The summed E-state index contributed by atoms with van der Waals surface area (Å²) in [6, 6.07) is 31.2. The average molecular weight is 490 g/mol. The van der Waals surface area contributed by atoms with E-state index in [9.17, 15) is 14.7 Å². The summed E-state index contributed by atoms with van der Waals surface area (Å²) < 4.78 is 0. The lowest BCUT2D eigenvalue weighted by atomic mass is 9.80. The predicted octanol–water partition coefficient (Wildman–Crippen LogP) is 5.64. The van der Waals surface area contributed by atoms with Crippen LogP contribution in [0.5, 0.6) is 0 Å². The van der Waals surface area contributed by atoms with Gasteiger partial charge in [0.05, 0.1) is 12.1 Å². The van der Waals surface area contributed by atoms with Gasteiger partial charge in [0.15, 0.2) is 11.6 Å². The van der Waals surface area contributed by atoms with Crippen molar-refractivity contribution in [1.82, 2.24) is 5.32 Å². The number of rotatable bonds is 10. The van der Waals surface area contributed by atoms with E-state index in [2.05, 4.69) is 5.32 Å². The van der Waals surface area contributed by atoms with Crippen LogP contribution in [0.1, 0.15) is 56.3 Å². The normalized spacial score (nSPS) is 13.5. The van der Waals surface area contributed by atoms with E-state index in [0.29, 0.717) is 42.5 Å². The SMILES string of the molecule is CCC(Cc1ccccc1)(NCCO)C(=O)c1ccc2c(c1)Cc1cc(C(=O)c3ccccc3)ccc1-2. The molecule has 0 heterocycles. The number of aliphatic hydroxyl groups excluding tert-OH is 1. The number of carbonyl (C=O) groups is 2. The van der Waals surface area contributed by atoms with Crippen LogP contribution in [0.25, 0.3) is 11.1 Å². The van der Waals surface area contributed by atoms with Gasteiger partial charge in [0.2, 0.25) is 0 Å². The number of β-amino-alcohol motifs (C(OH)–C–C–N with tert-alkyl or cyclic N) is 1. The first-order chi connectivity index (χ1) is 18.0. The molecule has 1 aliphatic rings. The third-order valence-corrected chi connectivity index (χ3v) is 7.40. The Labute approximate surface area is 218 Å². The Hall–Kier alpha value is -3.86. The maximum absolute atomic E-state index is 14.0. The molecule has 1 unspecified atom stereocenters. The van der Waals surface area contributed by atoms with Crippen LogP contribution in [0.15, 0.2) is 97.1 Å². The van der Waals surface area contributed by atoms with Gasteiger partial charge in [0.25, 0.3) is 0 Å². The minimum atomic E-state index is -0.807. The monoisotopic (exact) mass is 489 g/mol. The van der Waals surface area contributed by atoms with Crippen molar-refractivity contribution < 1.29 is 14.7 Å². The molecule has 0 spiro atoms. The molecule has 4 nitrogen and oxygen atoms in total. The third kappa shape index (κ3) is 4.91. The Balaban J connectivity index is 1.44. The van der Waals surface area contributed by atoms with Crippen molar-refractivity contribution in [2.45, 2.75) is 31.7 Å². The Kier molecular flexibility index (Phi) is 7.13. The fourth-order valence-corrected chi connectivity index (χ4v) is 5.40. The first-order valence-electron chi connectivity index (χ1n) is 12.9. The summed E-state index contributed by atoms with van der Waals surface area (Å²) >= 11 is 0. The highest BCUT2D eigenvalue weighted by atomic mass is 16.3. The molecule has 0 bridgehead atoms. The summed E-state index contributed by atoms with van der Waals surface area (Å²) in [7, 11) is 0. The smallest absolute Gasteiger partial charge is 0.193 e. The van der Waals surface area contributed by atoms with E-state index in [4.69, 9.17) is 0 Å². The van der Waals surface area contributed by atoms with E-state index >= 15 is 0 Å². The van der Waals surface area contributed by atoms with Crippen LogP contribution in [0.4, 0.5) is 0 Å². The van der Waals surface area contributed by atoms with Gasteiger partial charge in [-0.1, -0.05) is 91.9 Å². The molecular weight excluding hydrogens is 458 g/mol. The minimum Gasteiger partial charge on any atom is -0.395 e. The Morgan fingerprint density at radius 1 is 0.784 bits per heavy atom. The van der Waals surface area contributed by atoms with Gasteiger partial charge in [0, 0.05) is 23.2 Å². The van der Waals surface area contributed by atoms with Gasteiger partial charge in [-0.05, 0) is 59.2 Å². The third-order valence-electron chi connectivity index (χ3n) is 7.40. The summed E-state index contributed by atoms with van der Waals surface area (Å²) in [6.07, 6.45) is 1.83. The molecule has 5 rings (SSSR count). The van der Waals surface area contributed by atoms with Gasteiger partial charge in [-0.2, -0.15) is 0 Å². The number of hydrogen-bond donors (Lipinski definition) is 2. The highest BCUT2D eigenvalue weighted by Crippen LogP contribution is 2.38. The van der Waals surface area contributed by atoms with Gasteiger partial charge in [0.1, 0.15) is 0 Å². The number of aliphatic hydroxyl groups is 1. The summed E-state index contributed by atoms with van der Waals surface area (Å²) in [4.78, 5) is 27.0. The molecule has 37 heavy (non-hydrogen) atoms. The molecule has 1 aliphatic carbocycles. The number of Topliss-reactive ketones (excluding diaryl/α,β-unsaturated/α-hetero) is 1. The number of carbonyl (C=O) groups excluding carboxylic acids is 2. The van der Waals surface area contributed by atoms with Crippen LogP contribution in [-0.4, -0.2) is 35.4 Å². The molecule has 186 valence electrons. The molecule has 0 fully saturated rings. The largest absolute Gasteiger partial charge is 0.395 e. The average Bonchev–Trinajstić information content (AvgIpc) is 3.32. The molecule has 4 heteroatoms. The number of fused-ring (bicyclic) bond motifs is 3. The van der Waals surface area contributed by atoms with Gasteiger partial charge in [-0.15, -0.1) is 0 Å². The van der Waals surface area contributed by atoms with Gasteiger partial charge in [-0.3, -0.25) is 9.59 Å². The van der Waals surface area contributed by atoms with E-state index in [1.54, 1.807) is 0 Å². The number of hydrogen-bond acceptors (Lipinski definition) is 4. The van der Waals surface area contributed by atoms with Gasteiger partial charge in [-0.25, -0.2) is 0 Å². The Morgan fingerprint density at radius 2 is 1.38 bits per heavy atom. The molecule has 1 atom stereocenters. The second kappa shape index (κ2) is 10.6. The first-order valence-corrected chi connectivity index (χ1v) is 12.9. The molecule has 0 saturated heterocycles. The maximum Gasteiger partial charge on any atom is 0.193 e. The van der Waals surface area contributed by atoms with E-state index in [1.807, 2.05) is 104 Å². The van der Waals surface area contributed by atoms with E-state index < -0.39 is 5.54 Å². The van der Waals surface area contributed by atoms with E-state index in [1.165, 1.54) is 0 Å². The predicted molar refractivity (Wildman–Crippen MR) is 147 cm³/mol. The lowest BCUT2D eigenvalue weighted by molar-refractivity contribution is 0.0834. The van der Waals surface area contributed by atoms with E-state index in [0.717, 1.165) is 27.8 Å². The van der Waals surface area contributed by atoms with Crippen LogP contribution < -0.4 is 5.32 Å². The molecule has 4 aromatic rings. The Bertz CT molecular complexity index is 1430. The van der Waals surface area contributed by atoms with Crippen LogP contribution in [0.2, 0.25) is 0 Å². The van der Waals surface area contributed by atoms with Crippen LogP contribution in [0, 0.1) is 0 Å². The molecule has 0 saturated carbocycles. The zero-order valence-electron chi connectivity index (χ0n) is 21.0. The molecule has 2 N–H and O–H groups in total. The van der Waals surface area contributed by atoms with Crippen molar-refractivity contribution in [3.05, 3.63) is 130 Å². The topological polar surface area (TPSA) is 66.4 Å². The second-order valence-corrected chi connectivity index (χ2v) is 9.69. The van der Waals surface area contributed by atoms with Crippen molar-refractivity contribution in [3.63, 3.8) is 0 Å². The minimum absolute atomic E-state index is 0.0128. The van der Waals surface area contributed by atoms with Crippen molar-refractivity contribution in [2.24, 2.45) is 0 Å². The van der Waals surface area contributed by atoms with Gasteiger partial charge >= 0.3 is 0 Å². The maximum atomic E-state index is 14.0. The molecule has 4 aromatic carbocycles. The van der Waals surface area contributed by atoms with Gasteiger partial charge < -0.3 is 10.4 Å². The fraction of sp³-hybridized carbons (Fsp3) is 0.212. The van der Waals surface area contributed by atoms with Crippen molar-refractivity contribution >= 4 is 11.6 Å². The van der Waals surface area contributed by atoms with Crippen molar-refractivity contribution in [3.8, 4) is 11.1 Å². The molecule has 0 radical (unpaired) electrons. The summed E-state index contributed by atoms with van der Waals surface area (Å²) in [5.74, 6) is 0.0461. The van der Waals surface area contributed by atoms with Crippen LogP contribution in [-0.2, 0) is 12.8 Å². The fourth-order valence-electron chi connectivity index (χ4n) is 5.40.